The Morgan fingerprint density at radius 1 is 1.40 bits per heavy atom. The Morgan fingerprint density at radius 3 is 2.40 bits per heavy atom. The van der Waals surface area contributed by atoms with Gasteiger partial charge in [0, 0.05) is 25.6 Å². The molecule has 10 heavy (non-hydrogen) atoms. The van der Waals surface area contributed by atoms with Crippen molar-refractivity contribution in [2.75, 3.05) is 12.8 Å². The molecule has 1 atom stereocenters. The van der Waals surface area contributed by atoms with Gasteiger partial charge in [-0.1, -0.05) is 13.3 Å². The van der Waals surface area contributed by atoms with Crippen molar-refractivity contribution < 1.29 is 28.6 Å². The fraction of sp³-hybridized carbons (Fsp3) is 1.00. The maximum Gasteiger partial charge on any atom is 0.191 e. The summed E-state index contributed by atoms with van der Waals surface area (Å²) in [5.74, 6) is 0. The molecular weight excluding hydrogens is 200 g/mol. The third-order valence-electron chi connectivity index (χ3n) is 1.04. The van der Waals surface area contributed by atoms with E-state index in [4.69, 9.17) is 4.52 Å². The molecule has 0 spiro atoms. The minimum atomic E-state index is -1.65. The maximum absolute atomic E-state index is 10.8. The Balaban J connectivity index is 0. The Bertz CT molecular complexity index is 87.8. The standard InChI is InChI=1S/C6H15O2P.Zn/c1-3-5-6-9(7)8-4-2;/h9H,3-6H2,1-2H3;. The summed E-state index contributed by atoms with van der Waals surface area (Å²) in [4.78, 5) is 0. The van der Waals surface area contributed by atoms with E-state index in [0.29, 0.717) is 6.61 Å². The number of unbranched alkanes of at least 4 members (excludes halogenated alkanes) is 1. The maximum atomic E-state index is 10.8. The Kier molecular flexibility index (Phi) is 13.2. The van der Waals surface area contributed by atoms with Gasteiger partial charge in [-0.15, -0.1) is 0 Å². The van der Waals surface area contributed by atoms with E-state index in [2.05, 4.69) is 6.92 Å². The third-order valence-corrected chi connectivity index (χ3v) is 2.41. The van der Waals surface area contributed by atoms with Gasteiger partial charge in [-0.05, 0) is 13.3 Å². The average molecular weight is 216 g/mol. The van der Waals surface area contributed by atoms with Crippen LogP contribution in [0.3, 0.4) is 0 Å². The molecule has 0 heterocycles. The minimum Gasteiger partial charge on any atom is -0.331 e. The van der Waals surface area contributed by atoms with E-state index in [-0.39, 0.29) is 19.5 Å². The van der Waals surface area contributed by atoms with Crippen molar-refractivity contribution in [2.24, 2.45) is 0 Å². The summed E-state index contributed by atoms with van der Waals surface area (Å²) in [5, 5.41) is 0. The van der Waals surface area contributed by atoms with E-state index in [0.717, 1.165) is 19.0 Å². The molecule has 2 nitrogen and oxygen atoms in total. The van der Waals surface area contributed by atoms with Crippen molar-refractivity contribution in [3.8, 4) is 0 Å². The van der Waals surface area contributed by atoms with Gasteiger partial charge >= 0.3 is 0 Å². The predicted molar refractivity (Wildman–Crippen MR) is 40.4 cm³/mol. The van der Waals surface area contributed by atoms with Crippen molar-refractivity contribution in [3.63, 3.8) is 0 Å². The van der Waals surface area contributed by atoms with E-state index >= 15 is 0 Å². The Hall–Kier alpha value is 0.813. The van der Waals surface area contributed by atoms with Gasteiger partial charge in [0.15, 0.2) is 8.03 Å². The van der Waals surface area contributed by atoms with E-state index in [9.17, 15) is 4.57 Å². The quantitative estimate of drug-likeness (QED) is 0.520. The monoisotopic (exact) mass is 214 g/mol. The molecular formula is C6H15O2PZn. The van der Waals surface area contributed by atoms with Crippen LogP contribution in [0.25, 0.3) is 0 Å². The molecule has 0 saturated carbocycles. The molecule has 0 bridgehead atoms. The molecule has 0 aliphatic rings. The Labute approximate surface area is 76.4 Å². The molecule has 0 fully saturated rings. The smallest absolute Gasteiger partial charge is 0.191 e. The first kappa shape index (κ1) is 13.4. The third kappa shape index (κ3) is 8.81. The molecule has 0 amide bonds. The van der Waals surface area contributed by atoms with Crippen LogP contribution in [-0.4, -0.2) is 12.8 Å². The van der Waals surface area contributed by atoms with Gasteiger partial charge in [0.25, 0.3) is 0 Å². The van der Waals surface area contributed by atoms with Crippen molar-refractivity contribution >= 4 is 8.03 Å². The van der Waals surface area contributed by atoms with E-state index < -0.39 is 8.03 Å². The summed E-state index contributed by atoms with van der Waals surface area (Å²) in [6.45, 7) is 4.54. The number of hydrogen-bond donors (Lipinski definition) is 0. The summed E-state index contributed by atoms with van der Waals surface area (Å²) in [6, 6.07) is 0. The van der Waals surface area contributed by atoms with E-state index in [1.165, 1.54) is 0 Å². The van der Waals surface area contributed by atoms with Crippen molar-refractivity contribution in [3.05, 3.63) is 0 Å². The summed E-state index contributed by atoms with van der Waals surface area (Å²) in [7, 11) is -1.65. The Morgan fingerprint density at radius 2 is 2.00 bits per heavy atom. The first-order chi connectivity index (χ1) is 4.31. The summed E-state index contributed by atoms with van der Waals surface area (Å²) in [5.41, 5.74) is 0. The summed E-state index contributed by atoms with van der Waals surface area (Å²) < 4.78 is 15.7. The zero-order valence-corrected chi connectivity index (χ0v) is 10.8. The topological polar surface area (TPSA) is 26.3 Å². The first-order valence-electron chi connectivity index (χ1n) is 3.46. The van der Waals surface area contributed by atoms with Gasteiger partial charge in [0.2, 0.25) is 0 Å². The SMILES string of the molecule is CCCC[PH](=O)OCC.[Zn]. The molecule has 0 aromatic rings. The van der Waals surface area contributed by atoms with Crippen LogP contribution in [0.4, 0.5) is 0 Å². The molecule has 4 heteroatoms. The summed E-state index contributed by atoms with van der Waals surface area (Å²) >= 11 is 0. The second kappa shape index (κ2) is 9.81. The molecule has 58 valence electrons. The van der Waals surface area contributed by atoms with E-state index in [1.807, 2.05) is 6.92 Å². The van der Waals surface area contributed by atoms with Crippen LogP contribution in [0.1, 0.15) is 26.7 Å². The first-order valence-corrected chi connectivity index (χ1v) is 4.99. The molecule has 0 aromatic heterocycles. The minimum absolute atomic E-state index is 0. The van der Waals surface area contributed by atoms with Crippen molar-refractivity contribution in [2.45, 2.75) is 26.7 Å². The number of hydrogen-bond acceptors (Lipinski definition) is 2. The summed E-state index contributed by atoms with van der Waals surface area (Å²) in [6.07, 6.45) is 2.89. The van der Waals surface area contributed by atoms with Gasteiger partial charge in [-0.3, -0.25) is 4.57 Å². The van der Waals surface area contributed by atoms with E-state index in [1.54, 1.807) is 0 Å². The zero-order valence-electron chi connectivity index (χ0n) is 6.85. The van der Waals surface area contributed by atoms with Gasteiger partial charge in [0.1, 0.15) is 0 Å². The van der Waals surface area contributed by atoms with Crippen molar-refractivity contribution in [1.82, 2.24) is 0 Å². The fourth-order valence-electron chi connectivity index (χ4n) is 0.554. The van der Waals surface area contributed by atoms with Crippen LogP contribution in [0.15, 0.2) is 0 Å². The molecule has 0 rings (SSSR count). The molecule has 1 unspecified atom stereocenters. The zero-order chi connectivity index (χ0) is 7.11. The fourth-order valence-corrected chi connectivity index (χ4v) is 1.66. The van der Waals surface area contributed by atoms with Crippen LogP contribution in [-0.2, 0) is 28.6 Å². The van der Waals surface area contributed by atoms with Gasteiger partial charge < -0.3 is 4.52 Å². The molecule has 0 saturated heterocycles. The average Bonchev–Trinajstić information content (AvgIpc) is 1.85. The second-order valence-corrected chi connectivity index (χ2v) is 3.44. The van der Waals surface area contributed by atoms with Crippen LogP contribution in [0, 0.1) is 0 Å². The molecule has 0 aromatic carbocycles. The van der Waals surface area contributed by atoms with Crippen LogP contribution < -0.4 is 0 Å². The molecule has 0 aliphatic carbocycles. The van der Waals surface area contributed by atoms with Crippen LogP contribution in [0.5, 0.6) is 0 Å². The van der Waals surface area contributed by atoms with Crippen LogP contribution in [0.2, 0.25) is 0 Å². The van der Waals surface area contributed by atoms with Gasteiger partial charge in [-0.2, -0.15) is 0 Å². The van der Waals surface area contributed by atoms with Gasteiger partial charge in [-0.25, -0.2) is 0 Å². The van der Waals surface area contributed by atoms with Gasteiger partial charge in [0.05, 0.1) is 6.61 Å². The molecule has 0 radical (unpaired) electrons. The van der Waals surface area contributed by atoms with Crippen molar-refractivity contribution in [1.29, 1.82) is 0 Å². The largest absolute Gasteiger partial charge is 0.331 e. The normalized spacial score (nSPS) is 12.2. The number of rotatable bonds is 5. The van der Waals surface area contributed by atoms with Crippen LogP contribution >= 0.6 is 8.03 Å². The molecule has 0 N–H and O–H groups in total. The second-order valence-electron chi connectivity index (χ2n) is 1.91. The predicted octanol–water partition coefficient (Wildman–Crippen LogP) is 2.30. The molecule has 0 aliphatic heterocycles.